The Labute approximate surface area is 536 Å². The molecule has 0 bridgehead atoms. The molecule has 0 unspecified atom stereocenters. The maximum absolute atomic E-state index is 15.2. The number of rotatable bonds is 19. The number of hydrogen-bond donors (Lipinski definition) is 6. The minimum atomic E-state index is -1.65. The van der Waals surface area contributed by atoms with Crippen molar-refractivity contribution >= 4 is 71.2 Å². The van der Waals surface area contributed by atoms with Crippen LogP contribution in [0.15, 0.2) is 17.3 Å². The van der Waals surface area contributed by atoms with E-state index in [9.17, 15) is 48.3 Å². The molecule has 13 atom stereocenters. The Morgan fingerprint density at radius 2 is 1.02 bits per heavy atom. The lowest BCUT2D eigenvalue weighted by Gasteiger charge is -2.41. The van der Waals surface area contributed by atoms with Crippen LogP contribution in [0.1, 0.15) is 156 Å². The van der Waals surface area contributed by atoms with Gasteiger partial charge in [-0.1, -0.05) is 95.2 Å². The lowest BCUT2D eigenvalue weighted by Crippen LogP contribution is -2.63. The quantitative estimate of drug-likeness (QED) is 0.0356. The van der Waals surface area contributed by atoms with Gasteiger partial charge in [-0.2, -0.15) is 0 Å². The fourth-order valence-electron chi connectivity index (χ4n) is 11.1. The number of carbonyl (C=O) groups excluding carboxylic acids is 11. The first-order chi connectivity index (χ1) is 41.8. The number of likely N-dealkylation sites (N-methyl/N-ethyl adjacent to an activating group) is 7. The number of carbonyl (C=O) groups is 11. The van der Waals surface area contributed by atoms with Crippen molar-refractivity contribution in [2.75, 3.05) is 62.5 Å². The van der Waals surface area contributed by atoms with Gasteiger partial charge < -0.3 is 70.6 Å². The third-order valence-electron chi connectivity index (χ3n) is 16.7. The molecule has 11 amide bonds. The molecule has 1 fully saturated rings. The fourth-order valence-corrected chi connectivity index (χ4v) is 11.1. The third-order valence-corrected chi connectivity index (χ3v) is 16.7. The van der Waals surface area contributed by atoms with Gasteiger partial charge in [0.1, 0.15) is 60.4 Å². The molecule has 1 heterocycles. The summed E-state index contributed by atoms with van der Waals surface area (Å²) in [6.07, 6.45) is 3.58. The van der Waals surface area contributed by atoms with E-state index >= 15 is 9.59 Å². The van der Waals surface area contributed by atoms with Crippen molar-refractivity contribution in [2.45, 2.75) is 228 Å². The van der Waals surface area contributed by atoms with Crippen LogP contribution < -0.4 is 21.3 Å². The zero-order valence-corrected chi connectivity index (χ0v) is 58.4. The van der Waals surface area contributed by atoms with Gasteiger partial charge in [-0.05, 0) is 108 Å². The van der Waals surface area contributed by atoms with E-state index < -0.39 is 162 Å². The van der Waals surface area contributed by atoms with Crippen molar-refractivity contribution in [3.8, 4) is 0 Å². The van der Waals surface area contributed by atoms with Crippen LogP contribution >= 0.6 is 0 Å². The molecule has 0 aromatic carbocycles. The molecule has 6 N–H and O–H groups in total. The molecule has 0 aliphatic carbocycles. The second-order valence-corrected chi connectivity index (χ2v) is 26.4. The molecular weight excluding hydrogens is 1160 g/mol. The molecule has 0 aromatic rings. The van der Waals surface area contributed by atoms with Crippen LogP contribution in [0.5, 0.6) is 0 Å². The van der Waals surface area contributed by atoms with Crippen LogP contribution in [-0.2, 0) is 57.5 Å². The van der Waals surface area contributed by atoms with Crippen LogP contribution in [0.25, 0.3) is 0 Å². The minimum absolute atomic E-state index is 0.0203. The summed E-state index contributed by atoms with van der Waals surface area (Å²) < 4.78 is 6.08. The number of unbranched alkanes of at least 4 members (excludes halogenated alkanes) is 1. The largest absolute Gasteiger partial charge is 0.411 e. The topological polar surface area (TPSA) is 321 Å². The number of nitrogens with one attached hydrogen (secondary N) is 4. The molecule has 0 spiro atoms. The van der Waals surface area contributed by atoms with Crippen molar-refractivity contribution in [1.29, 1.82) is 0 Å². The van der Waals surface area contributed by atoms with Gasteiger partial charge in [-0.3, -0.25) is 52.7 Å². The van der Waals surface area contributed by atoms with Gasteiger partial charge in [0.15, 0.2) is 0 Å². The second-order valence-electron chi connectivity index (χ2n) is 26.4. The van der Waals surface area contributed by atoms with Crippen molar-refractivity contribution in [1.82, 2.24) is 55.6 Å². The highest BCUT2D eigenvalue weighted by atomic mass is 16.5. The SMILES string of the molecule is C/C=C/C[C@@H](C)[C@@H](O)[C@H]1C(=O)N[C@@H](CC)C(=O)N(C)CC(=O)N(C)[C@@H]([C@@H](C)OCCC/C=N/O)C(=O)N[C@@H](C(C)C)C(=O)N(C)[C@@H](CC(C)C)C(=O)N[C@@H](C)C(=O)N[C@H](C)C(=O)N(C)[C@@H](CC(C)C)C(=O)N(C)[C@H](CC(C)C)C(=O)N(C)[C@@H](C(C)C)C(=O)N1C. The van der Waals surface area contributed by atoms with Crippen LogP contribution in [0.3, 0.4) is 0 Å². The lowest BCUT2D eigenvalue weighted by atomic mass is 9.91. The second kappa shape index (κ2) is 38.2. The van der Waals surface area contributed by atoms with Gasteiger partial charge in [0.25, 0.3) is 0 Å². The van der Waals surface area contributed by atoms with E-state index in [0.29, 0.717) is 12.8 Å². The summed E-state index contributed by atoms with van der Waals surface area (Å²) in [6.45, 7) is 26.8. The molecule has 0 radical (unpaired) electrons. The summed E-state index contributed by atoms with van der Waals surface area (Å²) in [4.78, 5) is 170. The van der Waals surface area contributed by atoms with Gasteiger partial charge in [0.05, 0.1) is 18.8 Å². The molecule has 26 heteroatoms. The highest BCUT2D eigenvalue weighted by Crippen LogP contribution is 2.26. The molecule has 0 aromatic heterocycles. The summed E-state index contributed by atoms with van der Waals surface area (Å²) in [7, 11) is 9.70. The maximum Gasteiger partial charge on any atom is 0.246 e. The Kier molecular flexibility index (Phi) is 34.5. The molecule has 1 aliphatic heterocycles. The summed E-state index contributed by atoms with van der Waals surface area (Å²) in [5.74, 6) is -10.3. The number of aliphatic hydroxyl groups excluding tert-OH is 1. The van der Waals surface area contributed by atoms with Crippen LogP contribution in [0, 0.1) is 35.5 Å². The Morgan fingerprint density at radius 3 is 1.51 bits per heavy atom. The number of amides is 11. The van der Waals surface area contributed by atoms with Gasteiger partial charge in [0, 0.05) is 62.2 Å². The molecule has 514 valence electrons. The van der Waals surface area contributed by atoms with E-state index in [1.165, 1.54) is 89.0 Å². The number of hydrogen-bond acceptors (Lipinski definition) is 15. The standard InChI is InChI=1S/C64H114N12O14/c1-24-26-29-41(13)54(78)53-58(82)68-45(25-2)60(84)70(17)35-49(77)74(21)52(44(16)90-31-28-27-30-65-89)57(81)69-50(39(9)10)63(87)71(18)46(32-36(3)4)56(80)66-42(14)55(79)67-43(15)59(83)72(19)47(33-37(5)6)61(85)73(20)48(34-38(7)8)62(86)75(22)51(40(11)12)64(88)76(53)23/h24,26,30,36-48,50-54,78,89H,25,27-29,31-35H2,1-23H3,(H,66,80)(H,67,79)(H,68,82)(H,69,81)/b26-24+,65-30+/t41-,42+,43-,44-,45+,46+,47+,48-,50+,51+,52+,53+,54-/m1/s1. The molecule has 1 aliphatic rings. The van der Waals surface area contributed by atoms with Crippen molar-refractivity contribution in [3.05, 3.63) is 12.2 Å². The predicted molar refractivity (Wildman–Crippen MR) is 344 cm³/mol. The normalized spacial score (nSPS) is 26.5. The van der Waals surface area contributed by atoms with Gasteiger partial charge >= 0.3 is 0 Å². The van der Waals surface area contributed by atoms with E-state index in [2.05, 4.69) is 26.4 Å². The number of aliphatic hydroxyl groups is 1. The van der Waals surface area contributed by atoms with Crippen molar-refractivity contribution < 1.29 is 67.8 Å². The lowest BCUT2D eigenvalue weighted by molar-refractivity contribution is -0.157. The highest BCUT2D eigenvalue weighted by molar-refractivity contribution is 5.99. The molecule has 1 rings (SSSR count). The van der Waals surface area contributed by atoms with Crippen molar-refractivity contribution in [3.63, 3.8) is 0 Å². The number of oxime groups is 1. The highest BCUT2D eigenvalue weighted by Gasteiger charge is 2.46. The van der Waals surface area contributed by atoms with Crippen LogP contribution in [0.2, 0.25) is 0 Å². The maximum atomic E-state index is 15.2. The molecule has 0 saturated carbocycles. The van der Waals surface area contributed by atoms with Gasteiger partial charge in [0.2, 0.25) is 65.0 Å². The van der Waals surface area contributed by atoms with E-state index in [1.54, 1.807) is 67.5 Å². The van der Waals surface area contributed by atoms with E-state index in [0.717, 1.165) is 14.7 Å². The van der Waals surface area contributed by atoms with E-state index in [1.807, 2.05) is 41.5 Å². The third kappa shape index (κ3) is 23.2. The zero-order valence-electron chi connectivity index (χ0n) is 58.4. The Balaban J connectivity index is 4.39. The summed E-state index contributed by atoms with van der Waals surface area (Å²) in [5, 5.41) is 35.0. The Bertz CT molecular complexity index is 2470. The number of ether oxygens (including phenoxy) is 1. The molecule has 26 nitrogen and oxygen atoms in total. The predicted octanol–water partition coefficient (Wildman–Crippen LogP) is 2.87. The minimum Gasteiger partial charge on any atom is -0.411 e. The average Bonchev–Trinajstić information content (AvgIpc) is 0.863. The zero-order chi connectivity index (χ0) is 69.5. The van der Waals surface area contributed by atoms with Crippen molar-refractivity contribution in [2.24, 2.45) is 40.7 Å². The van der Waals surface area contributed by atoms with Crippen LogP contribution in [0.4, 0.5) is 0 Å². The van der Waals surface area contributed by atoms with E-state index in [-0.39, 0.29) is 56.5 Å². The number of allylic oxidation sites excluding steroid dienone is 2. The number of nitrogens with zero attached hydrogens (tertiary/aromatic N) is 8. The molecule has 90 heavy (non-hydrogen) atoms. The molecule has 1 saturated heterocycles. The van der Waals surface area contributed by atoms with Gasteiger partial charge in [-0.25, -0.2) is 0 Å². The average molecular weight is 1280 g/mol. The first-order valence-electron chi connectivity index (χ1n) is 31.9. The van der Waals surface area contributed by atoms with Crippen LogP contribution in [-0.4, -0.2) is 251 Å². The first-order valence-corrected chi connectivity index (χ1v) is 31.9. The van der Waals surface area contributed by atoms with Gasteiger partial charge in [-0.15, -0.1) is 5.16 Å². The summed E-state index contributed by atoms with van der Waals surface area (Å²) in [6, 6.07) is -13.0. The summed E-state index contributed by atoms with van der Waals surface area (Å²) >= 11 is 0. The Morgan fingerprint density at radius 1 is 0.544 bits per heavy atom. The summed E-state index contributed by atoms with van der Waals surface area (Å²) in [5.41, 5.74) is 0. The fraction of sp³-hybridized carbons (Fsp3) is 0.781. The first kappa shape index (κ1) is 81.3. The molecular formula is C64H114N12O14. The smallest absolute Gasteiger partial charge is 0.246 e. The Hall–Kier alpha value is -6.70. The van der Waals surface area contributed by atoms with E-state index in [4.69, 9.17) is 9.94 Å². The monoisotopic (exact) mass is 1270 g/mol.